The van der Waals surface area contributed by atoms with Crippen LogP contribution in [-0.2, 0) is 16.4 Å². The number of aliphatic hydroxyl groups is 1. The molecule has 212 valence electrons. The average molecular weight is 582 g/mol. The summed E-state index contributed by atoms with van der Waals surface area (Å²) in [7, 11) is -3.81. The molecule has 6 aromatic rings. The highest BCUT2D eigenvalue weighted by Gasteiger charge is 2.23. The lowest BCUT2D eigenvalue weighted by Gasteiger charge is -2.15. The van der Waals surface area contributed by atoms with Gasteiger partial charge in [0.15, 0.2) is 21.5 Å². The maximum Gasteiger partial charge on any atom is 0.192 e. The maximum atomic E-state index is 15.1. The number of aryl methyl sites for hydroxylation is 3. The Labute approximate surface area is 242 Å². The molecule has 0 radical (unpaired) electrons. The van der Waals surface area contributed by atoms with E-state index in [-0.39, 0.29) is 10.5 Å². The fourth-order valence-electron chi connectivity index (χ4n) is 5.38. The van der Waals surface area contributed by atoms with E-state index in [2.05, 4.69) is 11.1 Å². The molecule has 0 amide bonds. The van der Waals surface area contributed by atoms with Crippen LogP contribution >= 0.6 is 0 Å². The summed E-state index contributed by atoms with van der Waals surface area (Å²) >= 11 is 0. The van der Waals surface area contributed by atoms with Crippen molar-refractivity contribution in [3.63, 3.8) is 0 Å². The number of fused-ring (bicyclic) bond motifs is 1. The summed E-state index contributed by atoms with van der Waals surface area (Å²) in [6, 6.07) is 22.3. The van der Waals surface area contributed by atoms with Crippen LogP contribution in [0.5, 0.6) is 0 Å². The molecular weight excluding hydrogens is 553 g/mol. The Morgan fingerprint density at radius 2 is 1.62 bits per heavy atom. The highest BCUT2D eigenvalue weighted by Crippen LogP contribution is 2.40. The molecule has 6 rings (SSSR count). The van der Waals surface area contributed by atoms with E-state index in [1.54, 1.807) is 13.0 Å². The second kappa shape index (κ2) is 10.3. The van der Waals surface area contributed by atoms with E-state index >= 15 is 4.39 Å². The summed E-state index contributed by atoms with van der Waals surface area (Å²) in [5.74, 6) is 1.02. The third-order valence-electron chi connectivity index (χ3n) is 7.31. The number of oxazole rings is 1. The van der Waals surface area contributed by atoms with Crippen molar-refractivity contribution in [2.45, 2.75) is 32.3 Å². The first-order valence-corrected chi connectivity index (χ1v) is 15.2. The van der Waals surface area contributed by atoms with Gasteiger partial charge in [-0.05, 0) is 66.1 Å². The standard InChI is InChI=1S/C33H28FN3O4S/c1-19-17-37(20(2)35-19)30-12-11-24(26-15-29(34)28(18-38)31(16-26)42(4,39)40)14-27(30)32-33(41-21(3)36-32)25-10-9-22-7-5-6-8-23(22)13-25/h5-17,38H,18H2,1-4H3. The Kier molecular flexibility index (Phi) is 6.79. The minimum Gasteiger partial charge on any atom is -0.440 e. The summed E-state index contributed by atoms with van der Waals surface area (Å²) in [5, 5.41) is 11.8. The van der Waals surface area contributed by atoms with Gasteiger partial charge in [0, 0.05) is 36.1 Å². The van der Waals surface area contributed by atoms with E-state index in [1.807, 2.05) is 73.1 Å². The Bertz CT molecular complexity index is 2110. The molecule has 0 spiro atoms. The number of imidazole rings is 1. The van der Waals surface area contributed by atoms with Crippen LogP contribution in [-0.4, -0.2) is 34.3 Å². The highest BCUT2D eigenvalue weighted by molar-refractivity contribution is 7.90. The molecule has 0 bridgehead atoms. The predicted octanol–water partition coefficient (Wildman–Crippen LogP) is 6.97. The molecule has 0 aliphatic carbocycles. The lowest BCUT2D eigenvalue weighted by Crippen LogP contribution is -2.06. The van der Waals surface area contributed by atoms with Crippen LogP contribution in [0.25, 0.3) is 50.2 Å². The van der Waals surface area contributed by atoms with E-state index in [0.717, 1.165) is 39.8 Å². The summed E-state index contributed by atoms with van der Waals surface area (Å²) < 4.78 is 48.3. The first kappa shape index (κ1) is 27.6. The Morgan fingerprint density at radius 3 is 2.31 bits per heavy atom. The van der Waals surface area contributed by atoms with E-state index in [1.165, 1.54) is 12.1 Å². The zero-order valence-electron chi connectivity index (χ0n) is 23.5. The van der Waals surface area contributed by atoms with Gasteiger partial charge in [-0.15, -0.1) is 0 Å². The fraction of sp³-hybridized carbons (Fsp3) is 0.152. The molecule has 0 unspecified atom stereocenters. The smallest absolute Gasteiger partial charge is 0.192 e. The number of rotatable bonds is 6. The molecule has 4 aromatic carbocycles. The molecule has 2 aromatic heterocycles. The first-order valence-electron chi connectivity index (χ1n) is 13.3. The van der Waals surface area contributed by atoms with Crippen LogP contribution in [0.4, 0.5) is 4.39 Å². The second-order valence-corrected chi connectivity index (χ2v) is 12.4. The Morgan fingerprint density at radius 1 is 0.881 bits per heavy atom. The lowest BCUT2D eigenvalue weighted by molar-refractivity contribution is 0.272. The lowest BCUT2D eigenvalue weighted by atomic mass is 9.96. The van der Waals surface area contributed by atoms with Gasteiger partial charge in [0.05, 0.1) is 22.9 Å². The normalized spacial score (nSPS) is 11.9. The van der Waals surface area contributed by atoms with Crippen LogP contribution in [0.2, 0.25) is 0 Å². The van der Waals surface area contributed by atoms with Crippen LogP contribution in [0.3, 0.4) is 0 Å². The third kappa shape index (κ3) is 4.91. The minimum absolute atomic E-state index is 0.249. The summed E-state index contributed by atoms with van der Waals surface area (Å²) in [6.45, 7) is 4.87. The van der Waals surface area contributed by atoms with E-state index in [4.69, 9.17) is 9.40 Å². The highest BCUT2D eigenvalue weighted by atomic mass is 32.2. The largest absolute Gasteiger partial charge is 0.440 e. The summed E-state index contributed by atoms with van der Waals surface area (Å²) in [6.07, 6.45) is 2.92. The van der Waals surface area contributed by atoms with Crippen molar-refractivity contribution in [1.82, 2.24) is 14.5 Å². The van der Waals surface area contributed by atoms with Gasteiger partial charge in [0.1, 0.15) is 17.3 Å². The van der Waals surface area contributed by atoms with Crippen LogP contribution in [0.15, 0.2) is 88.3 Å². The molecule has 9 heteroatoms. The predicted molar refractivity (Wildman–Crippen MR) is 161 cm³/mol. The van der Waals surface area contributed by atoms with E-state index in [0.29, 0.717) is 34.0 Å². The van der Waals surface area contributed by atoms with Crippen molar-refractivity contribution in [1.29, 1.82) is 0 Å². The maximum absolute atomic E-state index is 15.1. The molecule has 0 aliphatic heterocycles. The molecular formula is C33H28FN3O4S. The SMILES string of the molecule is Cc1cn(-c2ccc(-c3cc(F)c(CO)c(S(C)(=O)=O)c3)cc2-c2nc(C)oc2-c2ccc3ccccc3c2)c(C)n1. The van der Waals surface area contributed by atoms with Crippen molar-refractivity contribution < 1.29 is 22.3 Å². The average Bonchev–Trinajstić information content (AvgIpc) is 3.52. The number of hydrogen-bond acceptors (Lipinski definition) is 6. The van der Waals surface area contributed by atoms with Gasteiger partial charge in [-0.1, -0.05) is 42.5 Å². The first-order chi connectivity index (χ1) is 20.0. The van der Waals surface area contributed by atoms with Gasteiger partial charge in [-0.3, -0.25) is 0 Å². The molecule has 0 atom stereocenters. The third-order valence-corrected chi connectivity index (χ3v) is 8.47. The zero-order chi connectivity index (χ0) is 29.8. The van der Waals surface area contributed by atoms with Crippen LogP contribution in [0.1, 0.15) is 23.0 Å². The monoisotopic (exact) mass is 581 g/mol. The second-order valence-electron chi connectivity index (χ2n) is 10.4. The van der Waals surface area contributed by atoms with E-state index < -0.39 is 22.3 Å². The number of benzene rings is 4. The Hall–Kier alpha value is -4.60. The Balaban J connectivity index is 1.61. The van der Waals surface area contributed by atoms with Gasteiger partial charge < -0.3 is 14.1 Å². The molecule has 0 fully saturated rings. The zero-order valence-corrected chi connectivity index (χ0v) is 24.3. The quantitative estimate of drug-likeness (QED) is 0.228. The van der Waals surface area contributed by atoms with Gasteiger partial charge in [-0.25, -0.2) is 22.8 Å². The number of aromatic nitrogens is 3. The molecule has 42 heavy (non-hydrogen) atoms. The summed E-state index contributed by atoms with van der Waals surface area (Å²) in [5.41, 5.74) is 4.41. The molecule has 7 nitrogen and oxygen atoms in total. The number of nitrogens with zero attached hydrogens (tertiary/aromatic N) is 3. The molecule has 2 heterocycles. The number of aliphatic hydroxyl groups excluding tert-OH is 1. The van der Waals surface area contributed by atoms with Gasteiger partial charge in [0.25, 0.3) is 0 Å². The van der Waals surface area contributed by atoms with Crippen molar-refractivity contribution in [3.8, 4) is 39.4 Å². The van der Waals surface area contributed by atoms with Crippen molar-refractivity contribution in [2.24, 2.45) is 0 Å². The molecule has 0 saturated carbocycles. The van der Waals surface area contributed by atoms with Gasteiger partial charge >= 0.3 is 0 Å². The van der Waals surface area contributed by atoms with E-state index in [9.17, 15) is 13.5 Å². The number of sulfone groups is 1. The van der Waals surface area contributed by atoms with Crippen molar-refractivity contribution in [2.75, 3.05) is 6.26 Å². The molecule has 0 aliphatic rings. The fourth-order valence-corrected chi connectivity index (χ4v) is 6.33. The van der Waals surface area contributed by atoms with Crippen LogP contribution < -0.4 is 0 Å². The van der Waals surface area contributed by atoms with Crippen molar-refractivity contribution in [3.05, 3.63) is 108 Å². The van der Waals surface area contributed by atoms with Crippen LogP contribution in [0, 0.1) is 26.6 Å². The van der Waals surface area contributed by atoms with Crippen molar-refractivity contribution >= 4 is 20.6 Å². The minimum atomic E-state index is -3.81. The number of halogens is 1. The number of hydrogen-bond donors (Lipinski definition) is 1. The molecule has 0 saturated heterocycles. The van der Waals surface area contributed by atoms with Gasteiger partial charge in [-0.2, -0.15) is 0 Å². The molecule has 1 N–H and O–H groups in total. The topological polar surface area (TPSA) is 98.2 Å². The van der Waals surface area contributed by atoms with Gasteiger partial charge in [0.2, 0.25) is 0 Å². The summed E-state index contributed by atoms with van der Waals surface area (Å²) in [4.78, 5) is 9.12.